The Morgan fingerprint density at radius 2 is 1.63 bits per heavy atom. The van der Waals surface area contributed by atoms with Crippen molar-refractivity contribution in [2.75, 3.05) is 0 Å². The van der Waals surface area contributed by atoms with Crippen LogP contribution in [-0.2, 0) is 6.42 Å². The van der Waals surface area contributed by atoms with Gasteiger partial charge in [-0.15, -0.1) is 0 Å². The lowest BCUT2D eigenvalue weighted by molar-refractivity contribution is 0.613. The second-order valence-corrected chi connectivity index (χ2v) is 5.12. The standard InChI is InChI=1S/C17H28N2/c1-2-3-4-5-6-7-8-9-10-11-12-13-17-16-18-14-15-19-17/h5-6,14-16H,2-4,7-13H2,1H3/b6-5-. The van der Waals surface area contributed by atoms with E-state index in [2.05, 4.69) is 29.0 Å². The van der Waals surface area contributed by atoms with Crippen molar-refractivity contribution >= 4 is 0 Å². The van der Waals surface area contributed by atoms with Gasteiger partial charge in [0.2, 0.25) is 0 Å². The highest BCUT2D eigenvalue weighted by molar-refractivity contribution is 4.94. The Bertz CT molecular complexity index is 319. The third-order valence-corrected chi connectivity index (χ3v) is 3.31. The van der Waals surface area contributed by atoms with Gasteiger partial charge in [0.25, 0.3) is 0 Å². The van der Waals surface area contributed by atoms with Crippen LogP contribution in [0.4, 0.5) is 0 Å². The van der Waals surface area contributed by atoms with E-state index in [1.54, 1.807) is 12.4 Å². The molecule has 1 aromatic heterocycles. The first kappa shape index (κ1) is 15.9. The molecule has 0 bridgehead atoms. The molecule has 19 heavy (non-hydrogen) atoms. The molecule has 0 aliphatic carbocycles. The van der Waals surface area contributed by atoms with Crippen LogP contribution in [-0.4, -0.2) is 9.97 Å². The summed E-state index contributed by atoms with van der Waals surface area (Å²) >= 11 is 0. The van der Waals surface area contributed by atoms with Crippen LogP contribution in [0.2, 0.25) is 0 Å². The minimum absolute atomic E-state index is 1.07. The van der Waals surface area contributed by atoms with Crippen LogP contribution in [0.1, 0.15) is 70.4 Å². The fourth-order valence-electron chi connectivity index (χ4n) is 2.12. The van der Waals surface area contributed by atoms with Crippen LogP contribution >= 0.6 is 0 Å². The lowest BCUT2D eigenvalue weighted by atomic mass is 10.1. The smallest absolute Gasteiger partial charge is 0.0586 e. The average Bonchev–Trinajstić information content (AvgIpc) is 2.46. The van der Waals surface area contributed by atoms with Crippen molar-refractivity contribution in [3.05, 3.63) is 36.4 Å². The fraction of sp³-hybridized carbons (Fsp3) is 0.647. The molecule has 0 radical (unpaired) electrons. The van der Waals surface area contributed by atoms with Crippen LogP contribution in [0.25, 0.3) is 0 Å². The Labute approximate surface area is 118 Å². The minimum atomic E-state index is 1.07. The van der Waals surface area contributed by atoms with E-state index in [1.807, 2.05) is 6.20 Å². The number of rotatable bonds is 11. The van der Waals surface area contributed by atoms with Gasteiger partial charge in [0.15, 0.2) is 0 Å². The molecular formula is C17H28N2. The molecule has 0 amide bonds. The topological polar surface area (TPSA) is 25.8 Å². The van der Waals surface area contributed by atoms with E-state index in [9.17, 15) is 0 Å². The molecule has 0 aromatic carbocycles. The van der Waals surface area contributed by atoms with Crippen LogP contribution in [0.3, 0.4) is 0 Å². The van der Waals surface area contributed by atoms with E-state index in [0.717, 1.165) is 12.1 Å². The number of nitrogens with zero attached hydrogens (tertiary/aromatic N) is 2. The van der Waals surface area contributed by atoms with Crippen molar-refractivity contribution in [1.29, 1.82) is 0 Å². The molecule has 0 saturated carbocycles. The Morgan fingerprint density at radius 1 is 0.895 bits per heavy atom. The second-order valence-electron chi connectivity index (χ2n) is 5.12. The molecule has 0 unspecified atom stereocenters. The van der Waals surface area contributed by atoms with Gasteiger partial charge in [0.05, 0.1) is 5.69 Å². The average molecular weight is 260 g/mol. The van der Waals surface area contributed by atoms with E-state index >= 15 is 0 Å². The van der Waals surface area contributed by atoms with Gasteiger partial charge in [0.1, 0.15) is 0 Å². The molecule has 2 heteroatoms. The first-order chi connectivity index (χ1) is 9.43. The molecule has 0 saturated heterocycles. The molecule has 0 atom stereocenters. The zero-order valence-corrected chi connectivity index (χ0v) is 12.4. The van der Waals surface area contributed by atoms with Gasteiger partial charge in [-0.05, 0) is 32.1 Å². The normalized spacial score (nSPS) is 11.2. The Balaban J connectivity index is 1.85. The molecule has 1 aromatic rings. The zero-order chi connectivity index (χ0) is 13.6. The SMILES string of the molecule is CCCC/C=C\CCCCCCCc1cnccn1. The second kappa shape index (κ2) is 11.9. The van der Waals surface area contributed by atoms with Gasteiger partial charge in [0, 0.05) is 18.6 Å². The molecule has 1 rings (SSSR count). The van der Waals surface area contributed by atoms with E-state index < -0.39 is 0 Å². The van der Waals surface area contributed by atoms with E-state index in [1.165, 1.54) is 57.8 Å². The zero-order valence-electron chi connectivity index (χ0n) is 12.4. The van der Waals surface area contributed by atoms with Gasteiger partial charge in [-0.2, -0.15) is 0 Å². The highest BCUT2D eigenvalue weighted by atomic mass is 14.8. The number of aryl methyl sites for hydroxylation is 1. The molecule has 106 valence electrons. The molecule has 0 aliphatic rings. The number of unbranched alkanes of at least 4 members (excludes halogenated alkanes) is 7. The van der Waals surface area contributed by atoms with Gasteiger partial charge in [-0.3, -0.25) is 9.97 Å². The molecule has 2 nitrogen and oxygen atoms in total. The lowest BCUT2D eigenvalue weighted by Crippen LogP contribution is -1.90. The quantitative estimate of drug-likeness (QED) is 0.408. The van der Waals surface area contributed by atoms with E-state index in [4.69, 9.17) is 0 Å². The summed E-state index contributed by atoms with van der Waals surface area (Å²) in [7, 11) is 0. The van der Waals surface area contributed by atoms with Crippen molar-refractivity contribution in [2.45, 2.75) is 71.1 Å². The van der Waals surface area contributed by atoms with Crippen LogP contribution in [0.15, 0.2) is 30.7 Å². The molecule has 0 aliphatic heterocycles. The third kappa shape index (κ3) is 9.40. The molecule has 0 fully saturated rings. The summed E-state index contributed by atoms with van der Waals surface area (Å²) in [5.74, 6) is 0. The number of hydrogen-bond acceptors (Lipinski definition) is 2. The van der Waals surface area contributed by atoms with Gasteiger partial charge in [-0.25, -0.2) is 0 Å². The number of hydrogen-bond donors (Lipinski definition) is 0. The van der Waals surface area contributed by atoms with Crippen LogP contribution < -0.4 is 0 Å². The number of aromatic nitrogens is 2. The Kier molecular flexibility index (Phi) is 9.93. The summed E-state index contributed by atoms with van der Waals surface area (Å²) in [6.07, 6.45) is 22.9. The van der Waals surface area contributed by atoms with Crippen molar-refractivity contribution in [3.63, 3.8) is 0 Å². The Morgan fingerprint density at radius 3 is 2.37 bits per heavy atom. The summed E-state index contributed by atoms with van der Waals surface area (Å²) in [6.45, 7) is 2.24. The van der Waals surface area contributed by atoms with Crippen molar-refractivity contribution in [3.8, 4) is 0 Å². The fourth-order valence-corrected chi connectivity index (χ4v) is 2.12. The highest BCUT2D eigenvalue weighted by Crippen LogP contribution is 2.08. The maximum atomic E-state index is 4.29. The highest BCUT2D eigenvalue weighted by Gasteiger charge is 1.94. The maximum absolute atomic E-state index is 4.29. The van der Waals surface area contributed by atoms with Gasteiger partial charge < -0.3 is 0 Å². The molecular weight excluding hydrogens is 232 g/mol. The Hall–Kier alpha value is -1.18. The van der Waals surface area contributed by atoms with E-state index in [-0.39, 0.29) is 0 Å². The van der Waals surface area contributed by atoms with Gasteiger partial charge >= 0.3 is 0 Å². The largest absolute Gasteiger partial charge is 0.261 e. The van der Waals surface area contributed by atoms with Crippen molar-refractivity contribution in [2.24, 2.45) is 0 Å². The molecule has 0 spiro atoms. The first-order valence-corrected chi connectivity index (χ1v) is 7.83. The third-order valence-electron chi connectivity index (χ3n) is 3.31. The first-order valence-electron chi connectivity index (χ1n) is 7.83. The van der Waals surface area contributed by atoms with Gasteiger partial charge in [-0.1, -0.05) is 51.2 Å². The lowest BCUT2D eigenvalue weighted by Gasteiger charge is -2.00. The van der Waals surface area contributed by atoms with Crippen molar-refractivity contribution < 1.29 is 0 Å². The predicted molar refractivity (Wildman–Crippen MR) is 82.1 cm³/mol. The molecule has 1 heterocycles. The molecule has 0 N–H and O–H groups in total. The number of allylic oxidation sites excluding steroid dienone is 2. The predicted octanol–water partition coefficient (Wildman–Crippen LogP) is 5.11. The summed E-state index contributed by atoms with van der Waals surface area (Å²) < 4.78 is 0. The van der Waals surface area contributed by atoms with Crippen LogP contribution in [0.5, 0.6) is 0 Å². The summed E-state index contributed by atoms with van der Waals surface area (Å²) in [4.78, 5) is 8.37. The minimum Gasteiger partial charge on any atom is -0.261 e. The summed E-state index contributed by atoms with van der Waals surface area (Å²) in [5, 5.41) is 0. The summed E-state index contributed by atoms with van der Waals surface area (Å²) in [5.41, 5.74) is 1.13. The van der Waals surface area contributed by atoms with E-state index in [0.29, 0.717) is 0 Å². The summed E-state index contributed by atoms with van der Waals surface area (Å²) in [6, 6.07) is 0. The van der Waals surface area contributed by atoms with Crippen LogP contribution in [0, 0.1) is 0 Å². The monoisotopic (exact) mass is 260 g/mol. The maximum Gasteiger partial charge on any atom is 0.0586 e. The van der Waals surface area contributed by atoms with Crippen molar-refractivity contribution in [1.82, 2.24) is 9.97 Å².